The van der Waals surface area contributed by atoms with Crippen LogP contribution in [-0.4, -0.2) is 81.2 Å². The fourth-order valence-electron chi connectivity index (χ4n) is 5.10. The van der Waals surface area contributed by atoms with Crippen molar-refractivity contribution in [3.63, 3.8) is 0 Å². The summed E-state index contributed by atoms with van der Waals surface area (Å²) in [5, 5.41) is 17.3. The SMILES string of the molecule is CNC[C@H](CC1CCOCC1)NC(=O)N1CCC[C@@H](C(OCCNC(=O)O)c2cccc(F)c2F)C1. The molecule has 9 nitrogen and oxygen atoms in total. The second kappa shape index (κ2) is 14.3. The molecule has 2 fully saturated rings. The second-order valence-corrected chi connectivity index (χ2v) is 9.51. The molecule has 0 radical (unpaired) electrons. The lowest BCUT2D eigenvalue weighted by atomic mass is 9.88. The maximum atomic E-state index is 14.7. The molecule has 2 saturated heterocycles. The quantitative estimate of drug-likeness (QED) is 0.339. The van der Waals surface area contributed by atoms with Gasteiger partial charge in [-0.25, -0.2) is 18.4 Å². The van der Waals surface area contributed by atoms with Crippen LogP contribution in [0, 0.1) is 23.5 Å². The predicted molar refractivity (Wildman–Crippen MR) is 130 cm³/mol. The molecule has 0 spiro atoms. The minimum atomic E-state index is -1.19. The first-order valence-corrected chi connectivity index (χ1v) is 12.7. The summed E-state index contributed by atoms with van der Waals surface area (Å²) in [7, 11) is 1.86. The Morgan fingerprint density at radius 3 is 2.75 bits per heavy atom. The number of likely N-dealkylation sites (N-methyl/N-ethyl adjacent to an activating group) is 1. The number of benzene rings is 1. The van der Waals surface area contributed by atoms with Gasteiger partial charge in [0.15, 0.2) is 11.6 Å². The first kappa shape index (κ1) is 28.1. The fraction of sp³-hybridized carbons (Fsp3) is 0.680. The van der Waals surface area contributed by atoms with E-state index in [0.717, 1.165) is 38.5 Å². The lowest BCUT2D eigenvalue weighted by molar-refractivity contribution is -0.0108. The molecule has 4 N–H and O–H groups in total. The van der Waals surface area contributed by atoms with E-state index in [4.69, 9.17) is 14.6 Å². The molecule has 0 aromatic heterocycles. The molecule has 36 heavy (non-hydrogen) atoms. The number of piperidine rings is 1. The number of likely N-dealkylation sites (tertiary alicyclic amines) is 1. The van der Waals surface area contributed by atoms with E-state index >= 15 is 0 Å². The Balaban J connectivity index is 1.66. The summed E-state index contributed by atoms with van der Waals surface area (Å²) in [6.07, 6.45) is 2.18. The third-order valence-corrected chi connectivity index (χ3v) is 6.87. The number of hydrogen-bond donors (Lipinski definition) is 4. The van der Waals surface area contributed by atoms with E-state index in [1.165, 1.54) is 12.1 Å². The lowest BCUT2D eigenvalue weighted by Gasteiger charge is -2.38. The summed E-state index contributed by atoms with van der Waals surface area (Å²) >= 11 is 0. The summed E-state index contributed by atoms with van der Waals surface area (Å²) in [6, 6.07) is 3.73. The van der Waals surface area contributed by atoms with Crippen LogP contribution < -0.4 is 16.0 Å². The third-order valence-electron chi connectivity index (χ3n) is 6.87. The molecule has 3 amide bonds. The van der Waals surface area contributed by atoms with Crippen molar-refractivity contribution in [1.82, 2.24) is 20.9 Å². The minimum Gasteiger partial charge on any atom is -0.465 e. The van der Waals surface area contributed by atoms with Gasteiger partial charge in [-0.15, -0.1) is 0 Å². The highest BCUT2D eigenvalue weighted by atomic mass is 19.2. The Bertz CT molecular complexity index is 856. The van der Waals surface area contributed by atoms with Crippen molar-refractivity contribution in [2.75, 3.05) is 53.0 Å². The molecule has 3 rings (SSSR count). The van der Waals surface area contributed by atoms with Crippen molar-refractivity contribution in [2.24, 2.45) is 11.8 Å². The van der Waals surface area contributed by atoms with Gasteiger partial charge in [-0.3, -0.25) is 0 Å². The minimum absolute atomic E-state index is 0.00897. The van der Waals surface area contributed by atoms with E-state index in [1.54, 1.807) is 4.90 Å². The number of carboxylic acid groups (broad SMARTS) is 1. The standard InChI is InChI=1S/C25H38F2N4O5/c1-28-15-19(14-17-7-11-35-12-8-17)30-24(32)31-10-3-4-18(16-31)23(36-13-9-29-25(33)34)20-5-2-6-21(26)22(20)27/h2,5-6,17-19,23,28-29H,3-4,7-16H2,1H3,(H,30,32)(H,33,34)/t18-,19+,23?/m1/s1. The van der Waals surface area contributed by atoms with Crippen molar-refractivity contribution in [1.29, 1.82) is 0 Å². The highest BCUT2D eigenvalue weighted by Gasteiger charge is 2.34. The normalized spacial score (nSPS) is 20.5. The largest absolute Gasteiger partial charge is 0.465 e. The molecule has 0 saturated carbocycles. The monoisotopic (exact) mass is 512 g/mol. The van der Waals surface area contributed by atoms with E-state index in [-0.39, 0.29) is 36.7 Å². The Morgan fingerprint density at radius 1 is 1.25 bits per heavy atom. The Morgan fingerprint density at radius 2 is 2.03 bits per heavy atom. The number of halogens is 2. The number of amides is 3. The maximum Gasteiger partial charge on any atom is 0.404 e. The molecule has 0 aliphatic carbocycles. The molecule has 3 atom stereocenters. The second-order valence-electron chi connectivity index (χ2n) is 9.51. The summed E-state index contributed by atoms with van der Waals surface area (Å²) in [6.45, 7) is 3.03. The van der Waals surface area contributed by atoms with Crippen LogP contribution in [0.3, 0.4) is 0 Å². The molecule has 1 aromatic rings. The van der Waals surface area contributed by atoms with Crippen LogP contribution in [0.1, 0.15) is 43.8 Å². The van der Waals surface area contributed by atoms with Crippen molar-refractivity contribution in [2.45, 2.75) is 44.2 Å². The van der Waals surface area contributed by atoms with Crippen molar-refractivity contribution >= 4 is 12.1 Å². The Kier molecular flexibility index (Phi) is 11.1. The number of carbonyl (C=O) groups excluding carboxylic acids is 1. The molecular formula is C25H38F2N4O5. The van der Waals surface area contributed by atoms with Crippen molar-refractivity contribution in [3.05, 3.63) is 35.4 Å². The van der Waals surface area contributed by atoms with Crippen LogP contribution in [0.15, 0.2) is 18.2 Å². The van der Waals surface area contributed by atoms with Gasteiger partial charge in [0.1, 0.15) is 0 Å². The van der Waals surface area contributed by atoms with Gasteiger partial charge in [0.2, 0.25) is 0 Å². The zero-order chi connectivity index (χ0) is 25.9. The molecule has 202 valence electrons. The molecule has 2 aliphatic rings. The molecule has 1 aromatic carbocycles. The van der Waals surface area contributed by atoms with Gasteiger partial charge in [-0.05, 0) is 51.1 Å². The molecule has 2 heterocycles. The smallest absolute Gasteiger partial charge is 0.404 e. The molecule has 11 heteroatoms. The summed E-state index contributed by atoms with van der Waals surface area (Å²) in [5.41, 5.74) is 0.0742. The number of rotatable bonds is 11. The number of hydrogen-bond acceptors (Lipinski definition) is 5. The number of ether oxygens (including phenoxy) is 2. The highest BCUT2D eigenvalue weighted by Crippen LogP contribution is 2.35. The summed E-state index contributed by atoms with van der Waals surface area (Å²) in [5.74, 6) is -1.73. The number of urea groups is 1. The van der Waals surface area contributed by atoms with E-state index in [9.17, 15) is 18.4 Å². The first-order chi connectivity index (χ1) is 17.4. The Labute approximate surface area is 210 Å². The van der Waals surface area contributed by atoms with E-state index in [0.29, 0.717) is 38.4 Å². The third kappa shape index (κ3) is 8.28. The van der Waals surface area contributed by atoms with Gasteiger partial charge in [-0.2, -0.15) is 0 Å². The zero-order valence-electron chi connectivity index (χ0n) is 20.8. The number of nitrogens with one attached hydrogen (secondary N) is 3. The first-order valence-electron chi connectivity index (χ1n) is 12.7. The average molecular weight is 513 g/mol. The molecule has 2 aliphatic heterocycles. The van der Waals surface area contributed by atoms with Crippen LogP contribution in [0.2, 0.25) is 0 Å². The van der Waals surface area contributed by atoms with Crippen molar-refractivity contribution in [3.8, 4) is 0 Å². The van der Waals surface area contributed by atoms with Crippen LogP contribution in [-0.2, 0) is 9.47 Å². The lowest BCUT2D eigenvalue weighted by Crippen LogP contribution is -2.52. The topological polar surface area (TPSA) is 112 Å². The van der Waals surface area contributed by atoms with Crippen LogP contribution >= 0.6 is 0 Å². The van der Waals surface area contributed by atoms with Gasteiger partial charge in [0, 0.05) is 56.9 Å². The van der Waals surface area contributed by atoms with Gasteiger partial charge >= 0.3 is 12.1 Å². The zero-order valence-corrected chi connectivity index (χ0v) is 20.8. The molecular weight excluding hydrogens is 474 g/mol. The van der Waals surface area contributed by atoms with Gasteiger partial charge in [-0.1, -0.05) is 12.1 Å². The molecule has 1 unspecified atom stereocenters. The number of nitrogens with zero attached hydrogens (tertiary/aromatic N) is 1. The number of carbonyl (C=O) groups is 2. The highest BCUT2D eigenvalue weighted by molar-refractivity contribution is 5.74. The van der Waals surface area contributed by atoms with Crippen LogP contribution in [0.5, 0.6) is 0 Å². The summed E-state index contributed by atoms with van der Waals surface area (Å²) < 4.78 is 40.0. The van der Waals surface area contributed by atoms with Gasteiger partial charge in [0.25, 0.3) is 0 Å². The molecule has 0 bridgehead atoms. The van der Waals surface area contributed by atoms with E-state index < -0.39 is 23.8 Å². The average Bonchev–Trinajstić information content (AvgIpc) is 2.87. The van der Waals surface area contributed by atoms with Gasteiger partial charge < -0.3 is 35.4 Å². The predicted octanol–water partition coefficient (Wildman–Crippen LogP) is 3.12. The fourth-order valence-corrected chi connectivity index (χ4v) is 5.10. The van der Waals surface area contributed by atoms with E-state index in [2.05, 4.69) is 16.0 Å². The Hall–Kier alpha value is -2.50. The van der Waals surface area contributed by atoms with Crippen LogP contribution in [0.25, 0.3) is 0 Å². The van der Waals surface area contributed by atoms with E-state index in [1.807, 2.05) is 7.05 Å². The maximum absolute atomic E-state index is 14.7. The van der Waals surface area contributed by atoms with Crippen LogP contribution in [0.4, 0.5) is 18.4 Å². The van der Waals surface area contributed by atoms with Gasteiger partial charge in [0.05, 0.1) is 12.7 Å². The summed E-state index contributed by atoms with van der Waals surface area (Å²) in [4.78, 5) is 25.7. The van der Waals surface area contributed by atoms with Crippen molar-refractivity contribution < 1.29 is 33.0 Å².